The van der Waals surface area contributed by atoms with Gasteiger partial charge in [-0.1, -0.05) is 36.4 Å². The van der Waals surface area contributed by atoms with E-state index in [0.29, 0.717) is 19.0 Å². The number of nitrogens with zero attached hydrogens (tertiary/aromatic N) is 2. The summed E-state index contributed by atoms with van der Waals surface area (Å²) < 4.78 is 5.63. The Morgan fingerprint density at radius 2 is 2.00 bits per heavy atom. The van der Waals surface area contributed by atoms with Gasteiger partial charge in [0.05, 0.1) is 0 Å². The lowest BCUT2D eigenvalue weighted by atomic mass is 9.99. The number of hydrogen-bond donors (Lipinski definition) is 1. The molecule has 3 heterocycles. The molecule has 5 heteroatoms. The molecule has 28 heavy (non-hydrogen) atoms. The summed E-state index contributed by atoms with van der Waals surface area (Å²) in [7, 11) is 0. The van der Waals surface area contributed by atoms with E-state index in [2.05, 4.69) is 40.4 Å². The molecule has 4 aromatic rings. The van der Waals surface area contributed by atoms with Crippen molar-refractivity contribution in [1.82, 2.24) is 14.9 Å². The van der Waals surface area contributed by atoms with Crippen LogP contribution >= 0.6 is 0 Å². The summed E-state index contributed by atoms with van der Waals surface area (Å²) in [6.45, 7) is 1.30. The predicted molar refractivity (Wildman–Crippen MR) is 111 cm³/mol. The standard InChI is InChI=1S/C23H19N3O2/c27-23(10-9-22-25-20-7-3-4-8-21(20)28-22)26-13-11-16(12-14-26)18-15-24-19-6-2-1-5-17(18)19/h1-11,15,24H,12-14H2. The topological polar surface area (TPSA) is 62.1 Å². The zero-order chi connectivity index (χ0) is 18.9. The first-order valence-corrected chi connectivity index (χ1v) is 9.36. The van der Waals surface area contributed by atoms with E-state index in [4.69, 9.17) is 4.42 Å². The number of benzene rings is 2. The lowest BCUT2D eigenvalue weighted by molar-refractivity contribution is -0.125. The molecule has 1 N–H and O–H groups in total. The third kappa shape index (κ3) is 3.01. The van der Waals surface area contributed by atoms with E-state index in [9.17, 15) is 4.79 Å². The average Bonchev–Trinajstić information content (AvgIpc) is 3.36. The highest BCUT2D eigenvalue weighted by Crippen LogP contribution is 2.29. The number of rotatable bonds is 3. The van der Waals surface area contributed by atoms with Crippen molar-refractivity contribution in [1.29, 1.82) is 0 Å². The van der Waals surface area contributed by atoms with E-state index in [0.717, 1.165) is 23.0 Å². The van der Waals surface area contributed by atoms with Crippen molar-refractivity contribution in [2.24, 2.45) is 0 Å². The van der Waals surface area contributed by atoms with Crippen LogP contribution in [0, 0.1) is 0 Å². The van der Waals surface area contributed by atoms with E-state index in [-0.39, 0.29) is 5.91 Å². The first kappa shape index (κ1) is 16.6. The normalized spacial score (nSPS) is 14.9. The largest absolute Gasteiger partial charge is 0.437 e. The van der Waals surface area contributed by atoms with Gasteiger partial charge in [0.25, 0.3) is 0 Å². The number of aromatic amines is 1. The summed E-state index contributed by atoms with van der Waals surface area (Å²) in [5, 5.41) is 1.23. The number of hydrogen-bond acceptors (Lipinski definition) is 3. The van der Waals surface area contributed by atoms with Crippen molar-refractivity contribution in [2.75, 3.05) is 13.1 Å². The molecule has 2 aromatic heterocycles. The number of H-pyrrole nitrogens is 1. The van der Waals surface area contributed by atoms with E-state index in [1.165, 1.54) is 22.6 Å². The molecule has 0 atom stereocenters. The zero-order valence-electron chi connectivity index (χ0n) is 15.3. The molecule has 5 rings (SSSR count). The lowest BCUT2D eigenvalue weighted by Gasteiger charge is -2.25. The van der Waals surface area contributed by atoms with Gasteiger partial charge in [-0.25, -0.2) is 4.98 Å². The fraction of sp³-hybridized carbons (Fsp3) is 0.130. The van der Waals surface area contributed by atoms with Gasteiger partial charge >= 0.3 is 0 Å². The zero-order valence-corrected chi connectivity index (χ0v) is 15.3. The van der Waals surface area contributed by atoms with Crippen LogP contribution in [0.5, 0.6) is 0 Å². The molecule has 138 valence electrons. The molecule has 1 aliphatic rings. The van der Waals surface area contributed by atoms with Crippen molar-refractivity contribution in [3.05, 3.63) is 78.3 Å². The van der Waals surface area contributed by atoms with Gasteiger partial charge in [0.2, 0.25) is 11.8 Å². The summed E-state index contributed by atoms with van der Waals surface area (Å²) in [4.78, 5) is 22.0. The minimum atomic E-state index is -0.0310. The predicted octanol–water partition coefficient (Wildman–Crippen LogP) is 4.64. The quantitative estimate of drug-likeness (QED) is 0.535. The summed E-state index contributed by atoms with van der Waals surface area (Å²) in [6.07, 6.45) is 8.21. The van der Waals surface area contributed by atoms with E-state index >= 15 is 0 Å². The van der Waals surface area contributed by atoms with Crippen molar-refractivity contribution < 1.29 is 9.21 Å². The van der Waals surface area contributed by atoms with Crippen molar-refractivity contribution in [2.45, 2.75) is 6.42 Å². The SMILES string of the molecule is O=C(C=Cc1nc2ccccc2o1)N1CC=C(c2c[nH]c3ccccc23)CC1. The van der Waals surface area contributed by atoms with E-state index < -0.39 is 0 Å². The highest BCUT2D eigenvalue weighted by molar-refractivity contribution is 5.95. The summed E-state index contributed by atoms with van der Waals surface area (Å²) in [6, 6.07) is 15.9. The second-order valence-electron chi connectivity index (χ2n) is 6.86. The summed E-state index contributed by atoms with van der Waals surface area (Å²) in [5.41, 5.74) is 5.16. The van der Waals surface area contributed by atoms with Gasteiger partial charge in [-0.2, -0.15) is 0 Å². The Labute approximate surface area is 162 Å². The second-order valence-corrected chi connectivity index (χ2v) is 6.86. The van der Waals surface area contributed by atoms with Crippen LogP contribution in [0.1, 0.15) is 17.9 Å². The number of nitrogens with one attached hydrogen (secondary N) is 1. The van der Waals surface area contributed by atoms with Gasteiger partial charge in [-0.15, -0.1) is 0 Å². The Bertz CT molecular complexity index is 1200. The molecule has 0 aliphatic carbocycles. The van der Waals surface area contributed by atoms with Crippen LogP contribution in [0.2, 0.25) is 0 Å². The van der Waals surface area contributed by atoms with Crippen molar-refractivity contribution in [3.8, 4) is 0 Å². The highest BCUT2D eigenvalue weighted by atomic mass is 16.3. The Morgan fingerprint density at radius 1 is 1.14 bits per heavy atom. The third-order valence-electron chi connectivity index (χ3n) is 5.13. The molecule has 5 nitrogen and oxygen atoms in total. The molecule has 2 aromatic carbocycles. The van der Waals surface area contributed by atoms with E-state index in [1.54, 1.807) is 6.08 Å². The smallest absolute Gasteiger partial charge is 0.247 e. The minimum absolute atomic E-state index is 0.0310. The minimum Gasteiger partial charge on any atom is -0.437 e. The Kier molecular flexibility index (Phi) is 4.05. The molecule has 0 fully saturated rings. The van der Waals surface area contributed by atoms with Gasteiger partial charge in [-0.3, -0.25) is 4.79 Å². The van der Waals surface area contributed by atoms with Crippen LogP contribution in [0.4, 0.5) is 0 Å². The maximum absolute atomic E-state index is 12.5. The Morgan fingerprint density at radius 3 is 2.86 bits per heavy atom. The van der Waals surface area contributed by atoms with Gasteiger partial charge in [0.15, 0.2) is 5.58 Å². The Hall–Kier alpha value is -3.60. The first-order valence-electron chi connectivity index (χ1n) is 9.36. The highest BCUT2D eigenvalue weighted by Gasteiger charge is 2.18. The first-order chi connectivity index (χ1) is 13.8. The number of carbonyl (C=O) groups excluding carboxylic acids is 1. The molecule has 1 aliphatic heterocycles. The van der Waals surface area contributed by atoms with Crippen LogP contribution in [0.3, 0.4) is 0 Å². The van der Waals surface area contributed by atoms with E-state index in [1.807, 2.05) is 35.2 Å². The molecule has 1 amide bonds. The lowest BCUT2D eigenvalue weighted by Crippen LogP contribution is -2.33. The molecule has 0 saturated heterocycles. The molecular formula is C23H19N3O2. The molecular weight excluding hydrogens is 350 g/mol. The molecule has 0 radical (unpaired) electrons. The maximum atomic E-state index is 12.5. The summed E-state index contributed by atoms with van der Waals surface area (Å²) in [5.74, 6) is 0.415. The van der Waals surface area contributed by atoms with Crippen LogP contribution in [-0.2, 0) is 4.79 Å². The van der Waals surface area contributed by atoms with Gasteiger partial charge in [-0.05, 0) is 30.2 Å². The van der Waals surface area contributed by atoms with Crippen molar-refractivity contribution >= 4 is 39.6 Å². The summed E-state index contributed by atoms with van der Waals surface area (Å²) >= 11 is 0. The number of para-hydroxylation sites is 3. The van der Waals surface area contributed by atoms with Crippen LogP contribution in [0.15, 0.2) is 71.3 Å². The van der Waals surface area contributed by atoms with Gasteiger partial charge in [0.1, 0.15) is 5.52 Å². The number of aromatic nitrogens is 2. The molecule has 0 saturated carbocycles. The fourth-order valence-electron chi connectivity index (χ4n) is 3.66. The third-order valence-corrected chi connectivity index (χ3v) is 5.13. The van der Waals surface area contributed by atoms with Crippen LogP contribution in [-0.4, -0.2) is 33.9 Å². The fourth-order valence-corrected chi connectivity index (χ4v) is 3.66. The van der Waals surface area contributed by atoms with Crippen LogP contribution < -0.4 is 0 Å². The molecule has 0 unspecified atom stereocenters. The number of carbonyl (C=O) groups is 1. The number of amides is 1. The maximum Gasteiger partial charge on any atom is 0.247 e. The number of fused-ring (bicyclic) bond motifs is 2. The number of oxazole rings is 1. The van der Waals surface area contributed by atoms with Crippen molar-refractivity contribution in [3.63, 3.8) is 0 Å². The monoisotopic (exact) mass is 369 g/mol. The molecule has 0 spiro atoms. The van der Waals surface area contributed by atoms with Crippen LogP contribution in [0.25, 0.3) is 33.7 Å². The molecule has 0 bridgehead atoms. The second kappa shape index (κ2) is 6.85. The Balaban J connectivity index is 1.29. The van der Waals surface area contributed by atoms with Gasteiger partial charge < -0.3 is 14.3 Å². The average molecular weight is 369 g/mol. The van der Waals surface area contributed by atoms with Gasteiger partial charge in [0, 0.05) is 47.9 Å².